The minimum atomic E-state index is -0.631. The van der Waals surface area contributed by atoms with Crippen LogP contribution in [0.2, 0.25) is 0 Å². The molecule has 1 unspecified atom stereocenters. The Morgan fingerprint density at radius 3 is 1.73 bits per heavy atom. The van der Waals surface area contributed by atoms with Crippen LogP contribution in [0.3, 0.4) is 0 Å². The topological polar surface area (TPSA) is 75.5 Å². The highest BCUT2D eigenvalue weighted by Crippen LogP contribution is 2.31. The van der Waals surface area contributed by atoms with Crippen LogP contribution in [-0.4, -0.2) is 22.4 Å². The van der Waals surface area contributed by atoms with Crippen LogP contribution >= 0.6 is 0 Å². The van der Waals surface area contributed by atoms with E-state index < -0.39 is 5.60 Å². The molecule has 0 aromatic heterocycles. The van der Waals surface area contributed by atoms with E-state index in [9.17, 15) is 10.2 Å². The maximum absolute atomic E-state index is 10.4. The largest absolute Gasteiger partial charge is 0.396 e. The molecule has 94 valence electrons. The van der Waals surface area contributed by atoms with Crippen LogP contribution in [0.5, 0.6) is 0 Å². The lowest BCUT2D eigenvalue weighted by Gasteiger charge is -2.35. The molecule has 3 nitrogen and oxygen atoms in total. The van der Waals surface area contributed by atoms with E-state index in [2.05, 4.69) is 20.8 Å². The Labute approximate surface area is 94.5 Å². The summed E-state index contributed by atoms with van der Waals surface area (Å²) in [6, 6.07) is 0. The monoisotopic (exact) mass is 219 g/mol. The molecule has 0 aliphatic heterocycles. The molecule has 0 rings (SSSR count). The van der Waals surface area contributed by atoms with E-state index in [1.54, 1.807) is 0 Å². The molecule has 0 spiro atoms. The normalized spacial score (nSPS) is 13.4. The van der Waals surface area contributed by atoms with Crippen LogP contribution in [-0.2, 0) is 0 Å². The Bertz CT molecular complexity index is 134. The number of rotatable bonds is 8. The number of hydrogen-bond acceptors (Lipinski definition) is 3. The fourth-order valence-electron chi connectivity index (χ4n) is 2.28. The van der Waals surface area contributed by atoms with E-state index in [0.29, 0.717) is 0 Å². The van der Waals surface area contributed by atoms with Gasteiger partial charge in [-0.15, -0.1) is 0 Å². The fourth-order valence-corrected chi connectivity index (χ4v) is 2.28. The summed E-state index contributed by atoms with van der Waals surface area (Å²) in [7, 11) is 0. The second-order valence-electron chi connectivity index (χ2n) is 4.27. The maximum Gasteiger partial charge on any atom is 0.0697 e. The number of aliphatic hydroxyl groups is 2. The summed E-state index contributed by atoms with van der Waals surface area (Å²) in [6.45, 7) is 6.38. The summed E-state index contributed by atoms with van der Waals surface area (Å²) in [5.74, 6) is 0.0624. The van der Waals surface area contributed by atoms with Gasteiger partial charge in [0, 0.05) is 12.5 Å². The van der Waals surface area contributed by atoms with Crippen molar-refractivity contribution in [2.24, 2.45) is 5.92 Å². The van der Waals surface area contributed by atoms with Crippen molar-refractivity contribution < 1.29 is 10.2 Å². The van der Waals surface area contributed by atoms with Crippen molar-refractivity contribution in [2.45, 2.75) is 64.9 Å². The summed E-state index contributed by atoms with van der Waals surface area (Å²) >= 11 is 0. The Morgan fingerprint density at radius 1 is 1.00 bits per heavy atom. The standard InChI is InChI=1S/C12H26O2.H3N/c1-4-7-11(10-13)12(14,8-5-2)9-6-3;/h11,13-14H,4-10H2,1-3H3;1H3. The van der Waals surface area contributed by atoms with Gasteiger partial charge in [-0.2, -0.15) is 0 Å². The lowest BCUT2D eigenvalue weighted by Crippen LogP contribution is -2.39. The van der Waals surface area contributed by atoms with E-state index in [1.807, 2.05) is 0 Å². The molecule has 0 aromatic rings. The van der Waals surface area contributed by atoms with Gasteiger partial charge in [0.15, 0.2) is 0 Å². The highest BCUT2D eigenvalue weighted by molar-refractivity contribution is 4.85. The van der Waals surface area contributed by atoms with E-state index in [1.165, 1.54) is 0 Å². The molecule has 0 aliphatic carbocycles. The molecule has 0 aromatic carbocycles. The van der Waals surface area contributed by atoms with Gasteiger partial charge in [0.05, 0.1) is 5.60 Å². The van der Waals surface area contributed by atoms with Gasteiger partial charge in [-0.25, -0.2) is 0 Å². The Balaban J connectivity index is 0. The number of aliphatic hydroxyl groups excluding tert-OH is 1. The van der Waals surface area contributed by atoms with Crippen molar-refractivity contribution in [3.05, 3.63) is 0 Å². The molecule has 15 heavy (non-hydrogen) atoms. The summed E-state index contributed by atoms with van der Waals surface area (Å²) < 4.78 is 0. The minimum Gasteiger partial charge on any atom is -0.396 e. The summed E-state index contributed by atoms with van der Waals surface area (Å²) in [5, 5.41) is 19.7. The van der Waals surface area contributed by atoms with Crippen LogP contribution in [0.15, 0.2) is 0 Å². The van der Waals surface area contributed by atoms with E-state index in [4.69, 9.17) is 0 Å². The zero-order chi connectivity index (χ0) is 11.0. The SMILES string of the molecule is CCCC(CO)C(O)(CCC)CCC.N. The lowest BCUT2D eigenvalue weighted by molar-refractivity contribution is -0.0571. The summed E-state index contributed by atoms with van der Waals surface area (Å²) in [5.41, 5.74) is -0.631. The number of hydrogen-bond donors (Lipinski definition) is 3. The third-order valence-corrected chi connectivity index (χ3v) is 2.98. The van der Waals surface area contributed by atoms with Gasteiger partial charge in [-0.1, -0.05) is 40.0 Å². The van der Waals surface area contributed by atoms with Crippen LogP contribution in [0.1, 0.15) is 59.3 Å². The molecule has 1 atom stereocenters. The van der Waals surface area contributed by atoms with Crippen molar-refractivity contribution in [1.82, 2.24) is 6.15 Å². The molecule has 3 heteroatoms. The summed E-state index contributed by atoms with van der Waals surface area (Å²) in [6.07, 6.45) is 5.54. The maximum atomic E-state index is 10.4. The van der Waals surface area contributed by atoms with Gasteiger partial charge in [0.25, 0.3) is 0 Å². The van der Waals surface area contributed by atoms with Crippen LogP contribution in [0, 0.1) is 5.92 Å². The average molecular weight is 219 g/mol. The van der Waals surface area contributed by atoms with Gasteiger partial charge in [-0.3, -0.25) is 0 Å². The Morgan fingerprint density at radius 2 is 1.47 bits per heavy atom. The second kappa shape index (κ2) is 9.13. The predicted octanol–water partition coefficient (Wildman–Crippen LogP) is 2.89. The zero-order valence-electron chi connectivity index (χ0n) is 10.6. The third-order valence-electron chi connectivity index (χ3n) is 2.98. The van der Waals surface area contributed by atoms with E-state index in [0.717, 1.165) is 38.5 Å². The first kappa shape index (κ1) is 17.3. The van der Waals surface area contributed by atoms with Crippen molar-refractivity contribution in [3.8, 4) is 0 Å². The van der Waals surface area contributed by atoms with E-state index >= 15 is 0 Å². The molecule has 0 bridgehead atoms. The predicted molar refractivity (Wildman–Crippen MR) is 65.3 cm³/mol. The van der Waals surface area contributed by atoms with Crippen LogP contribution in [0.25, 0.3) is 0 Å². The van der Waals surface area contributed by atoms with Gasteiger partial charge >= 0.3 is 0 Å². The zero-order valence-corrected chi connectivity index (χ0v) is 10.6. The third kappa shape index (κ3) is 5.50. The Kier molecular flexibility index (Phi) is 10.5. The molecule has 0 amide bonds. The van der Waals surface area contributed by atoms with Crippen LogP contribution < -0.4 is 6.15 Å². The first-order valence-corrected chi connectivity index (χ1v) is 5.97. The second-order valence-corrected chi connectivity index (χ2v) is 4.27. The minimum absolute atomic E-state index is 0. The highest BCUT2D eigenvalue weighted by atomic mass is 16.3. The molecular weight excluding hydrogens is 190 g/mol. The van der Waals surface area contributed by atoms with Crippen molar-refractivity contribution in [3.63, 3.8) is 0 Å². The quantitative estimate of drug-likeness (QED) is 0.587. The van der Waals surface area contributed by atoms with E-state index in [-0.39, 0.29) is 18.7 Å². The van der Waals surface area contributed by atoms with Gasteiger partial charge in [0.1, 0.15) is 0 Å². The highest BCUT2D eigenvalue weighted by Gasteiger charge is 2.33. The summed E-state index contributed by atoms with van der Waals surface area (Å²) in [4.78, 5) is 0. The van der Waals surface area contributed by atoms with Gasteiger partial charge in [-0.05, 0) is 19.3 Å². The Hall–Kier alpha value is -0.120. The molecule has 0 aliphatic rings. The fraction of sp³-hybridized carbons (Fsp3) is 1.00. The smallest absolute Gasteiger partial charge is 0.0697 e. The first-order chi connectivity index (χ1) is 6.64. The molecule has 5 N–H and O–H groups in total. The van der Waals surface area contributed by atoms with Crippen LogP contribution in [0.4, 0.5) is 0 Å². The van der Waals surface area contributed by atoms with Crippen molar-refractivity contribution >= 4 is 0 Å². The molecule has 0 saturated carbocycles. The lowest BCUT2D eigenvalue weighted by atomic mass is 9.78. The molecule has 0 saturated heterocycles. The van der Waals surface area contributed by atoms with Gasteiger partial charge in [0.2, 0.25) is 0 Å². The molecular formula is C12H29NO2. The van der Waals surface area contributed by atoms with Crippen molar-refractivity contribution in [2.75, 3.05) is 6.61 Å². The van der Waals surface area contributed by atoms with Gasteiger partial charge < -0.3 is 16.4 Å². The molecule has 0 radical (unpaired) electrons. The van der Waals surface area contributed by atoms with Crippen molar-refractivity contribution in [1.29, 1.82) is 0 Å². The molecule has 0 heterocycles. The average Bonchev–Trinajstić information content (AvgIpc) is 2.14. The first-order valence-electron chi connectivity index (χ1n) is 5.97. The molecule has 0 fully saturated rings.